The van der Waals surface area contributed by atoms with Crippen molar-refractivity contribution in [3.63, 3.8) is 0 Å². The molecule has 5 heteroatoms. The van der Waals surface area contributed by atoms with Crippen LogP contribution in [0.4, 0.5) is 10.1 Å². The summed E-state index contributed by atoms with van der Waals surface area (Å²) in [5, 5.41) is 10.0. The first-order valence-electron chi connectivity index (χ1n) is 6.37. The second-order valence-corrected chi connectivity index (χ2v) is 5.50. The smallest absolute Gasteiger partial charge is 0.254 e. The molecule has 104 valence electrons. The van der Waals surface area contributed by atoms with Crippen LogP contribution in [-0.2, 0) is 0 Å². The van der Waals surface area contributed by atoms with Crippen LogP contribution in [0.1, 0.15) is 35.7 Å². The van der Waals surface area contributed by atoms with E-state index in [1.165, 1.54) is 12.1 Å². The lowest BCUT2D eigenvalue weighted by atomic mass is 9.94. The maximum absolute atomic E-state index is 13.6. The highest BCUT2D eigenvalue weighted by Gasteiger charge is 2.31. The first-order chi connectivity index (χ1) is 8.80. The van der Waals surface area contributed by atoms with Gasteiger partial charge in [0.05, 0.1) is 5.60 Å². The molecule has 1 aliphatic heterocycles. The van der Waals surface area contributed by atoms with E-state index in [1.54, 1.807) is 18.7 Å². The Morgan fingerprint density at radius 2 is 2.21 bits per heavy atom. The molecule has 1 aromatic rings. The van der Waals surface area contributed by atoms with Crippen LogP contribution in [0.25, 0.3) is 0 Å². The zero-order valence-corrected chi connectivity index (χ0v) is 11.2. The van der Waals surface area contributed by atoms with Crippen molar-refractivity contribution in [2.24, 2.45) is 0 Å². The monoisotopic (exact) mass is 266 g/mol. The molecule has 1 heterocycles. The maximum atomic E-state index is 13.6. The van der Waals surface area contributed by atoms with Gasteiger partial charge in [-0.3, -0.25) is 4.79 Å². The van der Waals surface area contributed by atoms with E-state index in [0.29, 0.717) is 18.5 Å². The number of aliphatic hydroxyl groups is 1. The number of anilines is 1. The molecule has 1 aromatic carbocycles. The Bertz CT molecular complexity index is 491. The highest BCUT2D eigenvalue weighted by molar-refractivity contribution is 5.95. The molecule has 0 radical (unpaired) electrons. The van der Waals surface area contributed by atoms with Gasteiger partial charge in [-0.15, -0.1) is 0 Å². The fourth-order valence-electron chi connectivity index (χ4n) is 2.40. The van der Waals surface area contributed by atoms with Crippen LogP contribution < -0.4 is 5.73 Å². The minimum Gasteiger partial charge on any atom is -0.398 e. The largest absolute Gasteiger partial charge is 0.398 e. The minimum absolute atomic E-state index is 0.235. The number of β-amino-alcohol motifs (C(OH)–C–C–N with tert-alkyl or cyclic N) is 1. The number of amides is 1. The van der Waals surface area contributed by atoms with E-state index in [1.807, 2.05) is 0 Å². The van der Waals surface area contributed by atoms with Gasteiger partial charge < -0.3 is 15.7 Å². The van der Waals surface area contributed by atoms with Gasteiger partial charge in [0.15, 0.2) is 0 Å². The summed E-state index contributed by atoms with van der Waals surface area (Å²) < 4.78 is 13.6. The molecular formula is C14H19FN2O2. The fourth-order valence-corrected chi connectivity index (χ4v) is 2.40. The van der Waals surface area contributed by atoms with Crippen molar-refractivity contribution in [1.82, 2.24) is 4.90 Å². The third-order valence-electron chi connectivity index (χ3n) is 3.59. The van der Waals surface area contributed by atoms with Crippen molar-refractivity contribution in [2.75, 3.05) is 18.8 Å². The number of benzene rings is 1. The predicted molar refractivity (Wildman–Crippen MR) is 71.3 cm³/mol. The van der Waals surface area contributed by atoms with Gasteiger partial charge in [-0.2, -0.15) is 0 Å². The summed E-state index contributed by atoms with van der Waals surface area (Å²) in [5.41, 5.74) is 5.66. The molecule has 1 aliphatic rings. The number of carbonyl (C=O) groups excluding carboxylic acids is 1. The van der Waals surface area contributed by atoms with Crippen molar-refractivity contribution in [2.45, 2.75) is 32.3 Å². The van der Waals surface area contributed by atoms with E-state index in [2.05, 4.69) is 0 Å². The average Bonchev–Trinajstić information content (AvgIpc) is 2.33. The zero-order chi connectivity index (χ0) is 14.2. The van der Waals surface area contributed by atoms with E-state index < -0.39 is 11.4 Å². The Balaban J connectivity index is 2.25. The Morgan fingerprint density at radius 1 is 1.53 bits per heavy atom. The van der Waals surface area contributed by atoms with E-state index >= 15 is 0 Å². The van der Waals surface area contributed by atoms with Gasteiger partial charge in [-0.1, -0.05) is 0 Å². The molecule has 0 spiro atoms. The molecular weight excluding hydrogens is 247 g/mol. The highest BCUT2D eigenvalue weighted by Crippen LogP contribution is 2.24. The average molecular weight is 266 g/mol. The summed E-state index contributed by atoms with van der Waals surface area (Å²) in [6, 6.07) is 2.70. The van der Waals surface area contributed by atoms with E-state index in [4.69, 9.17) is 5.73 Å². The summed E-state index contributed by atoms with van der Waals surface area (Å²) in [4.78, 5) is 13.8. The Hall–Kier alpha value is -1.62. The number of hydrogen-bond donors (Lipinski definition) is 2. The lowest BCUT2D eigenvalue weighted by Gasteiger charge is -2.36. The molecule has 0 aromatic heterocycles. The highest BCUT2D eigenvalue weighted by atomic mass is 19.1. The van der Waals surface area contributed by atoms with Gasteiger partial charge in [0.25, 0.3) is 5.91 Å². The van der Waals surface area contributed by atoms with E-state index in [0.717, 1.165) is 6.42 Å². The quantitative estimate of drug-likeness (QED) is 0.760. The summed E-state index contributed by atoms with van der Waals surface area (Å²) in [7, 11) is 0. The Morgan fingerprint density at radius 3 is 2.79 bits per heavy atom. The van der Waals surface area contributed by atoms with Crippen molar-refractivity contribution in [3.05, 3.63) is 29.1 Å². The van der Waals surface area contributed by atoms with Gasteiger partial charge in [-0.05, 0) is 38.8 Å². The minimum atomic E-state index is -0.872. The predicted octanol–water partition coefficient (Wildman–Crippen LogP) is 1.70. The number of halogens is 1. The topological polar surface area (TPSA) is 66.6 Å². The lowest BCUT2D eigenvalue weighted by Crippen LogP contribution is -2.48. The number of likely N-dealkylation sites (tertiary alicyclic amines) is 1. The molecule has 1 unspecified atom stereocenters. The molecule has 0 aliphatic carbocycles. The molecule has 0 bridgehead atoms. The van der Waals surface area contributed by atoms with Crippen LogP contribution in [0.5, 0.6) is 0 Å². The van der Waals surface area contributed by atoms with Gasteiger partial charge in [0.1, 0.15) is 5.82 Å². The third kappa shape index (κ3) is 2.87. The van der Waals surface area contributed by atoms with Crippen LogP contribution in [0, 0.1) is 12.7 Å². The lowest BCUT2D eigenvalue weighted by molar-refractivity contribution is -0.0107. The first kappa shape index (κ1) is 13.8. The molecule has 0 saturated carbocycles. The number of hydrogen-bond acceptors (Lipinski definition) is 3. The number of nitrogens with two attached hydrogens (primary N) is 1. The summed E-state index contributed by atoms with van der Waals surface area (Å²) >= 11 is 0. The molecule has 4 nitrogen and oxygen atoms in total. The summed E-state index contributed by atoms with van der Waals surface area (Å²) in [5.74, 6) is -0.766. The van der Waals surface area contributed by atoms with Gasteiger partial charge in [-0.25, -0.2) is 4.39 Å². The van der Waals surface area contributed by atoms with Crippen molar-refractivity contribution < 1.29 is 14.3 Å². The molecule has 3 N–H and O–H groups in total. The second kappa shape index (κ2) is 4.81. The first-order valence-corrected chi connectivity index (χ1v) is 6.37. The standard InChI is InChI=1S/C14H19FN2O2/c1-9-11(15)6-10(7-12(9)16)13(18)17-5-3-4-14(2,19)8-17/h6-7,19H,3-5,8,16H2,1-2H3. The van der Waals surface area contributed by atoms with Gasteiger partial charge in [0.2, 0.25) is 0 Å². The van der Waals surface area contributed by atoms with Crippen LogP contribution in [0.2, 0.25) is 0 Å². The molecule has 19 heavy (non-hydrogen) atoms. The number of rotatable bonds is 1. The number of nitrogens with zero attached hydrogens (tertiary/aromatic N) is 1. The van der Waals surface area contributed by atoms with Gasteiger partial charge >= 0.3 is 0 Å². The van der Waals surface area contributed by atoms with Crippen LogP contribution in [-0.4, -0.2) is 34.6 Å². The molecule has 1 saturated heterocycles. The number of nitrogen functional groups attached to an aromatic ring is 1. The van der Waals surface area contributed by atoms with E-state index in [9.17, 15) is 14.3 Å². The van der Waals surface area contributed by atoms with Gasteiger partial charge in [0, 0.05) is 29.9 Å². The van der Waals surface area contributed by atoms with Crippen LogP contribution in [0.3, 0.4) is 0 Å². The van der Waals surface area contributed by atoms with E-state index in [-0.39, 0.29) is 23.7 Å². The molecule has 1 amide bonds. The second-order valence-electron chi connectivity index (χ2n) is 5.50. The maximum Gasteiger partial charge on any atom is 0.254 e. The summed E-state index contributed by atoms with van der Waals surface area (Å²) in [6.07, 6.45) is 1.41. The number of piperidine rings is 1. The van der Waals surface area contributed by atoms with Crippen LogP contribution >= 0.6 is 0 Å². The fraction of sp³-hybridized carbons (Fsp3) is 0.500. The molecule has 1 atom stereocenters. The SMILES string of the molecule is Cc1c(N)cc(C(=O)N2CCCC(C)(O)C2)cc1F. The third-order valence-corrected chi connectivity index (χ3v) is 3.59. The Kier molecular flexibility index (Phi) is 3.49. The zero-order valence-electron chi connectivity index (χ0n) is 11.2. The van der Waals surface area contributed by atoms with Crippen LogP contribution in [0.15, 0.2) is 12.1 Å². The van der Waals surface area contributed by atoms with Crippen molar-refractivity contribution >= 4 is 11.6 Å². The molecule has 2 rings (SSSR count). The number of carbonyl (C=O) groups is 1. The molecule has 1 fully saturated rings. The Labute approximate surface area is 112 Å². The normalized spacial score (nSPS) is 23.5. The summed E-state index contributed by atoms with van der Waals surface area (Å²) in [6.45, 7) is 4.12. The van der Waals surface area contributed by atoms with Crippen molar-refractivity contribution in [3.8, 4) is 0 Å². The van der Waals surface area contributed by atoms with Crippen molar-refractivity contribution in [1.29, 1.82) is 0 Å².